The van der Waals surface area contributed by atoms with Gasteiger partial charge in [-0.05, 0) is 47.9 Å². The van der Waals surface area contributed by atoms with Crippen LogP contribution in [0.15, 0.2) is 66.2 Å². The Bertz CT molecular complexity index is 927. The molecule has 2 N–H and O–H groups in total. The van der Waals surface area contributed by atoms with E-state index in [9.17, 15) is 0 Å². The quantitative estimate of drug-likeness (QED) is 0.585. The van der Waals surface area contributed by atoms with E-state index in [1.807, 2.05) is 36.5 Å². The van der Waals surface area contributed by atoms with E-state index < -0.39 is 0 Å². The van der Waals surface area contributed by atoms with Crippen molar-refractivity contribution in [1.82, 2.24) is 20.0 Å². The van der Waals surface area contributed by atoms with Crippen LogP contribution in [0.4, 0.5) is 17.5 Å². The van der Waals surface area contributed by atoms with Crippen LogP contribution in [-0.2, 0) is 0 Å². The SMILES string of the molecule is C1=NN(CCCNc2ccnc(Nc3cccc(-c4ccncc4)c3)n2)CC1. The molecule has 0 aliphatic carbocycles. The van der Waals surface area contributed by atoms with Gasteiger partial charge in [-0.25, -0.2) is 4.98 Å². The molecule has 1 aromatic carbocycles. The van der Waals surface area contributed by atoms with Crippen molar-refractivity contribution in [3.8, 4) is 11.1 Å². The van der Waals surface area contributed by atoms with E-state index >= 15 is 0 Å². The summed E-state index contributed by atoms with van der Waals surface area (Å²) >= 11 is 0. The van der Waals surface area contributed by atoms with Crippen molar-refractivity contribution in [3.05, 3.63) is 61.1 Å². The molecule has 28 heavy (non-hydrogen) atoms. The molecule has 1 aliphatic rings. The molecule has 0 amide bonds. The largest absolute Gasteiger partial charge is 0.370 e. The number of aromatic nitrogens is 3. The second kappa shape index (κ2) is 8.94. The first-order valence-electron chi connectivity index (χ1n) is 9.49. The van der Waals surface area contributed by atoms with Gasteiger partial charge >= 0.3 is 0 Å². The minimum Gasteiger partial charge on any atom is -0.370 e. The summed E-state index contributed by atoms with van der Waals surface area (Å²) in [6.07, 6.45) is 9.39. The monoisotopic (exact) mass is 373 g/mol. The van der Waals surface area contributed by atoms with Crippen molar-refractivity contribution in [3.63, 3.8) is 0 Å². The molecule has 0 saturated carbocycles. The van der Waals surface area contributed by atoms with E-state index in [2.05, 4.69) is 47.8 Å². The van der Waals surface area contributed by atoms with Crippen molar-refractivity contribution < 1.29 is 0 Å². The van der Waals surface area contributed by atoms with Crippen LogP contribution in [0.1, 0.15) is 12.8 Å². The van der Waals surface area contributed by atoms with Gasteiger partial charge in [0.25, 0.3) is 0 Å². The van der Waals surface area contributed by atoms with E-state index in [0.29, 0.717) is 5.95 Å². The Hall–Kier alpha value is -3.48. The van der Waals surface area contributed by atoms with Crippen molar-refractivity contribution >= 4 is 23.7 Å². The molecule has 0 unspecified atom stereocenters. The standard InChI is InChI=1S/C21H23N7/c1-4-18(17-6-11-22-12-7-17)16-19(5-1)26-21-24-13-8-20(27-21)23-9-2-14-28-15-3-10-25-28/h1,4-8,10-13,16H,2-3,9,14-15H2,(H2,23,24,26,27). The first-order valence-corrected chi connectivity index (χ1v) is 9.49. The molecule has 0 saturated heterocycles. The maximum absolute atomic E-state index is 4.55. The molecule has 0 spiro atoms. The van der Waals surface area contributed by atoms with Gasteiger partial charge in [0.15, 0.2) is 0 Å². The Balaban J connectivity index is 1.35. The first kappa shape index (κ1) is 17.9. The second-order valence-electron chi connectivity index (χ2n) is 6.53. The lowest BCUT2D eigenvalue weighted by molar-refractivity contribution is 0.317. The van der Waals surface area contributed by atoms with Gasteiger partial charge in [0, 0.05) is 56.5 Å². The lowest BCUT2D eigenvalue weighted by atomic mass is 10.1. The molecule has 142 valence electrons. The molecule has 0 fully saturated rings. The van der Waals surface area contributed by atoms with Gasteiger partial charge in [0.2, 0.25) is 5.95 Å². The Morgan fingerprint density at radius 1 is 1.00 bits per heavy atom. The van der Waals surface area contributed by atoms with Gasteiger partial charge in [-0.15, -0.1) is 0 Å². The summed E-state index contributed by atoms with van der Waals surface area (Å²) in [6.45, 7) is 2.83. The Morgan fingerprint density at radius 3 is 2.79 bits per heavy atom. The van der Waals surface area contributed by atoms with Crippen LogP contribution in [0.3, 0.4) is 0 Å². The molecule has 1 aliphatic heterocycles. The lowest BCUT2D eigenvalue weighted by Gasteiger charge is -2.14. The molecule has 7 heteroatoms. The summed E-state index contributed by atoms with van der Waals surface area (Å²) in [4.78, 5) is 13.0. The predicted molar refractivity (Wildman–Crippen MR) is 113 cm³/mol. The van der Waals surface area contributed by atoms with Crippen LogP contribution in [0, 0.1) is 0 Å². The number of rotatable bonds is 8. The highest BCUT2D eigenvalue weighted by Crippen LogP contribution is 2.23. The molecule has 4 rings (SSSR count). The van der Waals surface area contributed by atoms with Crippen LogP contribution in [-0.4, -0.2) is 45.8 Å². The zero-order valence-corrected chi connectivity index (χ0v) is 15.6. The average Bonchev–Trinajstić information content (AvgIpc) is 3.26. The molecular weight excluding hydrogens is 350 g/mol. The Kier molecular flexibility index (Phi) is 5.72. The Labute approximate surface area is 164 Å². The highest BCUT2D eigenvalue weighted by Gasteiger charge is 2.05. The number of nitrogens with one attached hydrogen (secondary N) is 2. The second-order valence-corrected chi connectivity index (χ2v) is 6.53. The number of benzene rings is 1. The van der Waals surface area contributed by atoms with Crippen molar-refractivity contribution in [2.24, 2.45) is 5.10 Å². The van der Waals surface area contributed by atoms with Gasteiger partial charge in [-0.2, -0.15) is 10.1 Å². The number of hydrazone groups is 1. The molecule has 0 bridgehead atoms. The van der Waals surface area contributed by atoms with Crippen LogP contribution in [0.2, 0.25) is 0 Å². The fourth-order valence-corrected chi connectivity index (χ4v) is 3.05. The summed E-state index contributed by atoms with van der Waals surface area (Å²) < 4.78 is 0. The smallest absolute Gasteiger partial charge is 0.229 e. The highest BCUT2D eigenvalue weighted by molar-refractivity contribution is 5.69. The normalized spacial score (nSPS) is 12.9. The van der Waals surface area contributed by atoms with Gasteiger partial charge in [0.1, 0.15) is 5.82 Å². The summed E-state index contributed by atoms with van der Waals surface area (Å²) in [7, 11) is 0. The number of hydrogen-bond acceptors (Lipinski definition) is 7. The zero-order valence-electron chi connectivity index (χ0n) is 15.6. The summed E-state index contributed by atoms with van der Waals surface area (Å²) in [5.41, 5.74) is 3.18. The highest BCUT2D eigenvalue weighted by atomic mass is 15.5. The number of nitrogens with zero attached hydrogens (tertiary/aromatic N) is 5. The summed E-state index contributed by atoms with van der Waals surface area (Å²) in [5, 5.41) is 13.1. The van der Waals surface area contributed by atoms with Crippen molar-refractivity contribution in [1.29, 1.82) is 0 Å². The minimum absolute atomic E-state index is 0.570. The fourth-order valence-electron chi connectivity index (χ4n) is 3.05. The van der Waals surface area contributed by atoms with E-state index in [1.54, 1.807) is 18.6 Å². The molecule has 3 heterocycles. The van der Waals surface area contributed by atoms with Crippen LogP contribution >= 0.6 is 0 Å². The third kappa shape index (κ3) is 4.82. The van der Waals surface area contributed by atoms with E-state index in [-0.39, 0.29) is 0 Å². The number of pyridine rings is 1. The lowest BCUT2D eigenvalue weighted by Crippen LogP contribution is -2.18. The molecule has 0 atom stereocenters. The summed E-state index contributed by atoms with van der Waals surface area (Å²) in [6, 6.07) is 14.0. The third-order valence-electron chi connectivity index (χ3n) is 4.45. The molecule has 0 radical (unpaired) electrons. The zero-order chi connectivity index (χ0) is 19.0. The predicted octanol–water partition coefficient (Wildman–Crippen LogP) is 3.78. The summed E-state index contributed by atoms with van der Waals surface area (Å²) in [5.74, 6) is 1.38. The third-order valence-corrected chi connectivity index (χ3v) is 4.45. The molecule has 7 nitrogen and oxygen atoms in total. The number of anilines is 3. The first-order chi connectivity index (χ1) is 13.9. The van der Waals surface area contributed by atoms with E-state index in [0.717, 1.165) is 55.1 Å². The maximum atomic E-state index is 4.55. The van der Waals surface area contributed by atoms with Gasteiger partial charge < -0.3 is 10.6 Å². The fraction of sp³-hybridized carbons (Fsp3) is 0.238. The molecule has 2 aromatic heterocycles. The molecule has 3 aromatic rings. The van der Waals surface area contributed by atoms with Gasteiger partial charge in [0.05, 0.1) is 0 Å². The minimum atomic E-state index is 0.570. The maximum Gasteiger partial charge on any atom is 0.229 e. The van der Waals surface area contributed by atoms with Gasteiger partial charge in [-0.1, -0.05) is 12.1 Å². The van der Waals surface area contributed by atoms with Crippen molar-refractivity contribution in [2.45, 2.75) is 12.8 Å². The van der Waals surface area contributed by atoms with E-state index in [4.69, 9.17) is 0 Å². The van der Waals surface area contributed by atoms with Gasteiger partial charge in [-0.3, -0.25) is 9.99 Å². The molecular formula is C21H23N7. The van der Waals surface area contributed by atoms with Crippen molar-refractivity contribution in [2.75, 3.05) is 30.3 Å². The average molecular weight is 373 g/mol. The van der Waals surface area contributed by atoms with Crippen LogP contribution < -0.4 is 10.6 Å². The van der Waals surface area contributed by atoms with E-state index in [1.165, 1.54) is 0 Å². The van der Waals surface area contributed by atoms with Crippen LogP contribution in [0.5, 0.6) is 0 Å². The topological polar surface area (TPSA) is 78.3 Å². The van der Waals surface area contributed by atoms with Crippen LogP contribution in [0.25, 0.3) is 11.1 Å². The number of hydrogen-bond donors (Lipinski definition) is 2. The Morgan fingerprint density at radius 2 is 1.93 bits per heavy atom.